The van der Waals surface area contributed by atoms with Gasteiger partial charge in [-0.1, -0.05) is 44.2 Å². The number of para-hydroxylation sites is 3. The van der Waals surface area contributed by atoms with Crippen molar-refractivity contribution in [2.75, 3.05) is 25.1 Å². The van der Waals surface area contributed by atoms with Crippen LogP contribution in [0.2, 0.25) is 0 Å². The van der Waals surface area contributed by atoms with Crippen LogP contribution in [-0.4, -0.2) is 30.8 Å². The molecule has 0 radical (unpaired) electrons. The fourth-order valence-corrected chi connectivity index (χ4v) is 3.02. The molecule has 0 saturated heterocycles. The van der Waals surface area contributed by atoms with Crippen molar-refractivity contribution in [3.8, 4) is 17.2 Å². The molecule has 2 N–H and O–H groups in total. The number of hydrogen-bond acceptors (Lipinski definition) is 5. The highest BCUT2D eigenvalue weighted by Gasteiger charge is 2.11. The van der Waals surface area contributed by atoms with E-state index < -0.39 is 0 Å². The molecule has 0 aliphatic heterocycles. The minimum Gasteiger partial charge on any atom is -0.491 e. The van der Waals surface area contributed by atoms with E-state index in [1.54, 1.807) is 24.3 Å². The van der Waals surface area contributed by atoms with Gasteiger partial charge in [-0.05, 0) is 66.7 Å². The van der Waals surface area contributed by atoms with Crippen LogP contribution >= 0.6 is 12.2 Å². The molecule has 7 heteroatoms. The molecule has 0 aromatic heterocycles. The molecule has 1 amide bonds. The Balaban J connectivity index is 1.46. The van der Waals surface area contributed by atoms with E-state index in [-0.39, 0.29) is 11.0 Å². The summed E-state index contributed by atoms with van der Waals surface area (Å²) in [5, 5.41) is 5.92. The molecule has 0 fully saturated rings. The molecule has 0 saturated carbocycles. The molecule has 0 bridgehead atoms. The molecule has 0 aliphatic rings. The van der Waals surface area contributed by atoms with Gasteiger partial charge in [0.1, 0.15) is 30.5 Å². The molecule has 0 unspecified atom stereocenters. The van der Waals surface area contributed by atoms with Gasteiger partial charge in [-0.25, -0.2) is 0 Å². The summed E-state index contributed by atoms with van der Waals surface area (Å²) in [5.41, 5.74) is 1.17. The maximum atomic E-state index is 12.5. The molecular weight excluding hydrogens is 436 g/mol. The fourth-order valence-electron chi connectivity index (χ4n) is 2.82. The van der Waals surface area contributed by atoms with Crippen LogP contribution < -0.4 is 24.8 Å². The van der Waals surface area contributed by atoms with Crippen LogP contribution in [0.3, 0.4) is 0 Å². The number of hydrogen-bond donors (Lipinski definition) is 2. The molecule has 33 heavy (non-hydrogen) atoms. The third-order valence-electron chi connectivity index (χ3n) is 4.41. The number of ether oxygens (including phenoxy) is 3. The van der Waals surface area contributed by atoms with Crippen molar-refractivity contribution in [1.29, 1.82) is 0 Å². The number of carbonyl (C=O) groups is 1. The van der Waals surface area contributed by atoms with Crippen LogP contribution in [0.1, 0.15) is 24.2 Å². The summed E-state index contributed by atoms with van der Waals surface area (Å²) in [6.07, 6.45) is 0. The van der Waals surface area contributed by atoms with E-state index >= 15 is 0 Å². The second kappa shape index (κ2) is 12.5. The molecule has 0 atom stereocenters. The predicted molar refractivity (Wildman–Crippen MR) is 134 cm³/mol. The third-order valence-corrected chi connectivity index (χ3v) is 4.62. The van der Waals surface area contributed by atoms with Crippen LogP contribution in [0.5, 0.6) is 17.2 Å². The number of amides is 1. The van der Waals surface area contributed by atoms with E-state index in [1.165, 1.54) is 0 Å². The van der Waals surface area contributed by atoms with E-state index in [0.717, 1.165) is 5.75 Å². The first kappa shape index (κ1) is 24.1. The first-order chi connectivity index (χ1) is 16.0. The first-order valence-electron chi connectivity index (χ1n) is 10.8. The Morgan fingerprint density at radius 3 is 2.09 bits per heavy atom. The van der Waals surface area contributed by atoms with Gasteiger partial charge >= 0.3 is 0 Å². The van der Waals surface area contributed by atoms with Crippen LogP contribution in [0.25, 0.3) is 0 Å². The quantitative estimate of drug-likeness (QED) is 0.313. The number of carbonyl (C=O) groups excluding carboxylic acids is 1. The van der Waals surface area contributed by atoms with E-state index in [2.05, 4.69) is 24.5 Å². The summed E-state index contributed by atoms with van der Waals surface area (Å²) in [7, 11) is 0. The van der Waals surface area contributed by atoms with Gasteiger partial charge in [-0.15, -0.1) is 0 Å². The third kappa shape index (κ3) is 8.12. The Hall–Kier alpha value is -3.58. The zero-order valence-electron chi connectivity index (χ0n) is 18.7. The molecule has 0 aliphatic carbocycles. The highest BCUT2D eigenvalue weighted by Crippen LogP contribution is 2.24. The van der Waals surface area contributed by atoms with Crippen molar-refractivity contribution in [1.82, 2.24) is 5.32 Å². The molecule has 3 aromatic carbocycles. The number of nitrogens with one attached hydrogen (secondary N) is 2. The molecule has 6 nitrogen and oxygen atoms in total. The van der Waals surface area contributed by atoms with Crippen molar-refractivity contribution in [2.45, 2.75) is 13.8 Å². The molecule has 0 spiro atoms. The standard InChI is InChI=1S/C26H28N2O4S/c1-19(2)18-32-24-11-7-6-10-23(24)27-26(33)28-25(29)20-12-14-22(15-13-20)31-17-16-30-21-8-4-3-5-9-21/h3-15,19H,16-18H2,1-2H3,(H2,27,28,29,33). The highest BCUT2D eigenvalue weighted by atomic mass is 32.1. The number of rotatable bonds is 10. The van der Waals surface area contributed by atoms with Crippen LogP contribution in [0, 0.1) is 5.92 Å². The Kier molecular flexibility index (Phi) is 9.08. The summed E-state index contributed by atoms with van der Waals surface area (Å²) in [4.78, 5) is 12.5. The first-order valence-corrected chi connectivity index (χ1v) is 11.2. The SMILES string of the molecule is CC(C)COc1ccccc1NC(=S)NC(=O)c1ccc(OCCOc2ccccc2)cc1. The predicted octanol–water partition coefficient (Wildman–Crippen LogP) is 5.31. The minimum absolute atomic E-state index is 0.194. The van der Waals surface area contributed by atoms with Crippen molar-refractivity contribution < 1.29 is 19.0 Å². The van der Waals surface area contributed by atoms with Gasteiger partial charge < -0.3 is 19.5 Å². The van der Waals surface area contributed by atoms with Gasteiger partial charge in [0, 0.05) is 5.56 Å². The lowest BCUT2D eigenvalue weighted by atomic mass is 10.2. The number of benzene rings is 3. The molecule has 172 valence electrons. The summed E-state index contributed by atoms with van der Waals surface area (Å²) in [5.74, 6) is 2.22. The van der Waals surface area contributed by atoms with Gasteiger partial charge in [0.25, 0.3) is 5.91 Å². The Labute approximate surface area is 199 Å². The second-order valence-electron chi connectivity index (χ2n) is 7.64. The van der Waals surface area contributed by atoms with Crippen LogP contribution in [0.4, 0.5) is 5.69 Å². The van der Waals surface area contributed by atoms with Crippen LogP contribution in [0.15, 0.2) is 78.9 Å². The van der Waals surface area contributed by atoms with E-state index in [4.69, 9.17) is 26.4 Å². The van der Waals surface area contributed by atoms with Gasteiger partial charge in [-0.2, -0.15) is 0 Å². The fraction of sp³-hybridized carbons (Fsp3) is 0.231. The number of thiocarbonyl (C=S) groups is 1. The van der Waals surface area contributed by atoms with Crippen molar-refractivity contribution >= 4 is 28.9 Å². The maximum absolute atomic E-state index is 12.5. The summed E-state index contributed by atoms with van der Waals surface area (Å²) in [6.45, 7) is 5.57. The summed E-state index contributed by atoms with van der Waals surface area (Å²) in [6, 6.07) is 23.9. The van der Waals surface area contributed by atoms with Crippen molar-refractivity contribution in [3.63, 3.8) is 0 Å². The zero-order chi connectivity index (χ0) is 23.5. The second-order valence-corrected chi connectivity index (χ2v) is 8.05. The normalized spacial score (nSPS) is 10.4. The largest absolute Gasteiger partial charge is 0.491 e. The Morgan fingerprint density at radius 2 is 1.42 bits per heavy atom. The Morgan fingerprint density at radius 1 is 0.818 bits per heavy atom. The number of anilines is 1. The van der Waals surface area contributed by atoms with E-state index in [1.807, 2.05) is 54.6 Å². The lowest BCUT2D eigenvalue weighted by Gasteiger charge is -2.15. The molecule has 0 heterocycles. The molecular formula is C26H28N2O4S. The average Bonchev–Trinajstić information content (AvgIpc) is 2.82. The van der Waals surface area contributed by atoms with E-state index in [9.17, 15) is 4.79 Å². The maximum Gasteiger partial charge on any atom is 0.257 e. The highest BCUT2D eigenvalue weighted by molar-refractivity contribution is 7.80. The lowest BCUT2D eigenvalue weighted by molar-refractivity contribution is 0.0977. The zero-order valence-corrected chi connectivity index (χ0v) is 19.6. The smallest absolute Gasteiger partial charge is 0.257 e. The van der Waals surface area contributed by atoms with Gasteiger partial charge in [0.05, 0.1) is 12.3 Å². The van der Waals surface area contributed by atoms with E-state index in [0.29, 0.717) is 48.5 Å². The van der Waals surface area contributed by atoms with Crippen molar-refractivity contribution in [2.24, 2.45) is 5.92 Å². The van der Waals surface area contributed by atoms with Gasteiger partial charge in [0.2, 0.25) is 0 Å². The van der Waals surface area contributed by atoms with Crippen LogP contribution in [-0.2, 0) is 0 Å². The van der Waals surface area contributed by atoms with Gasteiger partial charge in [-0.3, -0.25) is 10.1 Å². The van der Waals surface area contributed by atoms with Crippen molar-refractivity contribution in [3.05, 3.63) is 84.4 Å². The molecule has 3 rings (SSSR count). The minimum atomic E-state index is -0.313. The monoisotopic (exact) mass is 464 g/mol. The average molecular weight is 465 g/mol. The Bertz CT molecular complexity index is 1040. The summed E-state index contributed by atoms with van der Waals surface area (Å²) >= 11 is 5.31. The topological polar surface area (TPSA) is 68.8 Å². The molecule has 3 aromatic rings. The summed E-state index contributed by atoms with van der Waals surface area (Å²) < 4.78 is 17.1. The lowest BCUT2D eigenvalue weighted by Crippen LogP contribution is -2.34. The van der Waals surface area contributed by atoms with Gasteiger partial charge in [0.15, 0.2) is 5.11 Å².